The number of aromatic amines is 1. The molecular formula is C19H22FN9. The van der Waals surface area contributed by atoms with Crippen molar-refractivity contribution in [2.24, 2.45) is 16.5 Å². The summed E-state index contributed by atoms with van der Waals surface area (Å²) in [5, 5.41) is 18.4. The van der Waals surface area contributed by atoms with Crippen molar-refractivity contribution in [3.8, 4) is 11.3 Å². The first-order chi connectivity index (χ1) is 14.0. The summed E-state index contributed by atoms with van der Waals surface area (Å²) in [6, 6.07) is 8.19. The van der Waals surface area contributed by atoms with Crippen molar-refractivity contribution in [3.05, 3.63) is 53.6 Å². The van der Waals surface area contributed by atoms with E-state index in [0.29, 0.717) is 11.4 Å². The Morgan fingerprint density at radius 2 is 1.93 bits per heavy atom. The molecule has 150 valence electrons. The molecule has 2 aliphatic rings. The summed E-state index contributed by atoms with van der Waals surface area (Å²) in [5.41, 5.74) is 14.3. The molecule has 10 heteroatoms. The molecule has 1 saturated heterocycles. The summed E-state index contributed by atoms with van der Waals surface area (Å²) < 4.78 is 15.2. The molecule has 0 spiro atoms. The number of anilines is 1. The van der Waals surface area contributed by atoms with Gasteiger partial charge in [0.25, 0.3) is 0 Å². The molecule has 7 N–H and O–H groups in total. The van der Waals surface area contributed by atoms with E-state index in [-0.39, 0.29) is 17.8 Å². The third kappa shape index (κ3) is 2.97. The molecule has 2 aliphatic heterocycles. The van der Waals surface area contributed by atoms with Crippen LogP contribution >= 0.6 is 0 Å². The summed E-state index contributed by atoms with van der Waals surface area (Å²) in [6.07, 6.45) is 3.69. The first kappa shape index (κ1) is 17.8. The fraction of sp³-hybridized carbons (Fsp3) is 0.316. The number of hydrogen-bond acceptors (Lipinski definition) is 7. The average molecular weight is 395 g/mol. The normalized spacial score (nSPS) is 22.1. The molecule has 0 amide bonds. The highest BCUT2D eigenvalue weighted by molar-refractivity contribution is 5.95. The molecule has 4 heterocycles. The third-order valence-corrected chi connectivity index (χ3v) is 5.53. The number of benzene rings is 1. The van der Waals surface area contributed by atoms with Crippen LogP contribution in [0.1, 0.15) is 30.1 Å². The highest BCUT2D eigenvalue weighted by Gasteiger charge is 2.40. The van der Waals surface area contributed by atoms with Crippen molar-refractivity contribution < 1.29 is 4.39 Å². The van der Waals surface area contributed by atoms with Crippen molar-refractivity contribution in [1.82, 2.24) is 25.3 Å². The van der Waals surface area contributed by atoms with E-state index < -0.39 is 5.66 Å². The van der Waals surface area contributed by atoms with Crippen molar-refractivity contribution in [2.45, 2.75) is 24.5 Å². The van der Waals surface area contributed by atoms with Crippen molar-refractivity contribution in [1.29, 1.82) is 0 Å². The van der Waals surface area contributed by atoms with E-state index in [1.54, 1.807) is 24.4 Å². The van der Waals surface area contributed by atoms with Gasteiger partial charge in [0.1, 0.15) is 11.6 Å². The van der Waals surface area contributed by atoms with Gasteiger partial charge in [-0.3, -0.25) is 10.8 Å². The lowest BCUT2D eigenvalue weighted by atomic mass is 9.97. The Morgan fingerprint density at radius 3 is 2.69 bits per heavy atom. The summed E-state index contributed by atoms with van der Waals surface area (Å²) in [5.74, 6) is 0.670. The fourth-order valence-electron chi connectivity index (χ4n) is 3.98. The first-order valence-electron chi connectivity index (χ1n) is 9.56. The van der Waals surface area contributed by atoms with Crippen LogP contribution < -0.4 is 22.1 Å². The molecule has 29 heavy (non-hydrogen) atoms. The van der Waals surface area contributed by atoms with Crippen LogP contribution in [0.5, 0.6) is 0 Å². The van der Waals surface area contributed by atoms with Crippen LogP contribution in [0.4, 0.5) is 10.2 Å². The van der Waals surface area contributed by atoms with Gasteiger partial charge in [-0.2, -0.15) is 10.2 Å². The number of hydrogen-bond donors (Lipinski definition) is 5. The molecule has 1 fully saturated rings. The fourth-order valence-corrected chi connectivity index (χ4v) is 3.98. The SMILES string of the molecule is NC1=NC(N)(c2cc(-c3ccc(F)cc3)n[nH]2)c2cnn(C3CCNCC3)c2N1. The van der Waals surface area contributed by atoms with Crippen LogP contribution in [0.25, 0.3) is 11.3 Å². The first-order valence-corrected chi connectivity index (χ1v) is 9.56. The van der Waals surface area contributed by atoms with E-state index in [0.717, 1.165) is 42.9 Å². The Balaban J connectivity index is 1.54. The van der Waals surface area contributed by atoms with Crippen LogP contribution in [0.3, 0.4) is 0 Å². The summed E-state index contributed by atoms with van der Waals surface area (Å²) in [7, 11) is 0. The number of nitrogens with zero attached hydrogens (tertiary/aromatic N) is 4. The second kappa shape index (κ2) is 6.68. The van der Waals surface area contributed by atoms with E-state index in [1.165, 1.54) is 12.1 Å². The standard InChI is InChI=1S/C19H22FN9/c20-12-3-1-11(2-4-12)15-9-16(28-27-15)19(22)14-10-24-29(13-5-7-23-8-6-13)17(14)25-18(21)26-19/h1-4,9-10,13,23H,5-8,22H2,(H,27,28)(H3,21,25,26). The number of rotatable bonds is 3. The molecule has 1 aromatic carbocycles. The molecule has 0 bridgehead atoms. The van der Waals surface area contributed by atoms with Crippen molar-refractivity contribution in [3.63, 3.8) is 0 Å². The number of nitrogens with two attached hydrogens (primary N) is 2. The van der Waals surface area contributed by atoms with Crippen LogP contribution in [0.2, 0.25) is 0 Å². The minimum atomic E-state index is -1.25. The Bertz CT molecular complexity index is 1060. The molecule has 1 atom stereocenters. The smallest absolute Gasteiger partial charge is 0.196 e. The van der Waals surface area contributed by atoms with Gasteiger partial charge in [0, 0.05) is 5.56 Å². The van der Waals surface area contributed by atoms with Crippen LogP contribution in [0, 0.1) is 5.82 Å². The maximum atomic E-state index is 13.2. The van der Waals surface area contributed by atoms with Gasteiger partial charge in [-0.25, -0.2) is 14.1 Å². The predicted molar refractivity (Wildman–Crippen MR) is 108 cm³/mol. The van der Waals surface area contributed by atoms with Gasteiger partial charge in [0.2, 0.25) is 0 Å². The predicted octanol–water partition coefficient (Wildman–Crippen LogP) is 1.24. The van der Waals surface area contributed by atoms with Gasteiger partial charge in [-0.1, -0.05) is 0 Å². The topological polar surface area (TPSA) is 135 Å². The number of H-pyrrole nitrogens is 1. The van der Waals surface area contributed by atoms with E-state index >= 15 is 0 Å². The Morgan fingerprint density at radius 1 is 1.17 bits per heavy atom. The molecule has 0 radical (unpaired) electrons. The van der Waals surface area contributed by atoms with Gasteiger partial charge in [0.05, 0.1) is 29.2 Å². The molecule has 0 saturated carbocycles. The van der Waals surface area contributed by atoms with Gasteiger partial charge in [0.15, 0.2) is 11.6 Å². The maximum Gasteiger partial charge on any atom is 0.196 e. The van der Waals surface area contributed by atoms with E-state index in [4.69, 9.17) is 11.5 Å². The maximum absolute atomic E-state index is 13.2. The minimum absolute atomic E-state index is 0.216. The van der Waals surface area contributed by atoms with Gasteiger partial charge in [-0.05, 0) is 56.3 Å². The average Bonchev–Trinajstić information content (AvgIpc) is 3.37. The van der Waals surface area contributed by atoms with E-state index in [1.807, 2.05) is 4.68 Å². The summed E-state index contributed by atoms with van der Waals surface area (Å²) in [4.78, 5) is 4.47. The van der Waals surface area contributed by atoms with Crippen LogP contribution in [-0.4, -0.2) is 39.0 Å². The van der Waals surface area contributed by atoms with E-state index in [9.17, 15) is 4.39 Å². The molecule has 3 aromatic rings. The molecule has 2 aromatic heterocycles. The van der Waals surface area contributed by atoms with Gasteiger partial charge >= 0.3 is 0 Å². The number of halogens is 1. The molecule has 1 unspecified atom stereocenters. The number of guanidine groups is 1. The quantitative estimate of drug-likeness (QED) is 0.453. The number of aliphatic imine (C=N–C) groups is 1. The zero-order valence-corrected chi connectivity index (χ0v) is 15.7. The second-order valence-corrected chi connectivity index (χ2v) is 7.39. The summed E-state index contributed by atoms with van der Waals surface area (Å²) >= 11 is 0. The number of nitrogens with one attached hydrogen (secondary N) is 3. The Hall–Kier alpha value is -3.24. The molecule has 9 nitrogen and oxygen atoms in total. The van der Waals surface area contributed by atoms with Gasteiger partial charge in [-0.15, -0.1) is 0 Å². The number of aromatic nitrogens is 4. The molecule has 5 rings (SSSR count). The van der Waals surface area contributed by atoms with Crippen LogP contribution in [0.15, 0.2) is 41.5 Å². The number of piperidine rings is 1. The highest BCUT2D eigenvalue weighted by Crippen LogP contribution is 2.38. The zero-order chi connectivity index (χ0) is 20.0. The number of fused-ring (bicyclic) bond motifs is 1. The lowest BCUT2D eigenvalue weighted by Gasteiger charge is -2.31. The van der Waals surface area contributed by atoms with Crippen molar-refractivity contribution >= 4 is 11.8 Å². The van der Waals surface area contributed by atoms with Crippen molar-refractivity contribution in [2.75, 3.05) is 18.4 Å². The highest BCUT2D eigenvalue weighted by atomic mass is 19.1. The summed E-state index contributed by atoms with van der Waals surface area (Å²) in [6.45, 7) is 1.89. The van der Waals surface area contributed by atoms with E-state index in [2.05, 4.69) is 30.9 Å². The minimum Gasteiger partial charge on any atom is -0.370 e. The second-order valence-electron chi connectivity index (χ2n) is 7.39. The molecular weight excluding hydrogens is 373 g/mol. The van der Waals surface area contributed by atoms with Crippen LogP contribution in [-0.2, 0) is 5.66 Å². The Kier molecular flexibility index (Phi) is 4.10. The largest absolute Gasteiger partial charge is 0.370 e. The Labute approximate surface area is 166 Å². The lowest BCUT2D eigenvalue weighted by molar-refractivity contribution is 0.346. The third-order valence-electron chi connectivity index (χ3n) is 5.53. The molecule has 0 aliphatic carbocycles. The van der Waals surface area contributed by atoms with Gasteiger partial charge < -0.3 is 16.4 Å². The monoisotopic (exact) mass is 395 g/mol. The zero-order valence-electron chi connectivity index (χ0n) is 15.7. The lowest BCUT2D eigenvalue weighted by Crippen LogP contribution is -2.44.